The fourth-order valence-corrected chi connectivity index (χ4v) is 4.26. The van der Waals surface area contributed by atoms with E-state index in [2.05, 4.69) is 0 Å². The molecule has 0 bridgehead atoms. The van der Waals surface area contributed by atoms with E-state index in [1.165, 1.54) is 0 Å². The lowest BCUT2D eigenvalue weighted by molar-refractivity contribution is 0.0697. The molecular formula is C24H30O7. The van der Waals surface area contributed by atoms with Gasteiger partial charge in [-0.2, -0.15) is 0 Å². The van der Waals surface area contributed by atoms with Crippen LogP contribution < -0.4 is 23.7 Å². The summed E-state index contributed by atoms with van der Waals surface area (Å²) in [6.07, 6.45) is 4.84. The molecule has 7 heteroatoms. The van der Waals surface area contributed by atoms with E-state index in [-0.39, 0.29) is 5.56 Å². The van der Waals surface area contributed by atoms with Gasteiger partial charge in [0.2, 0.25) is 11.5 Å². The molecule has 31 heavy (non-hydrogen) atoms. The Balaban J connectivity index is 1.56. The number of ether oxygens (including phenoxy) is 5. The zero-order valence-electron chi connectivity index (χ0n) is 18.5. The molecule has 168 valence electrons. The summed E-state index contributed by atoms with van der Waals surface area (Å²) in [4.78, 5) is 10.9. The summed E-state index contributed by atoms with van der Waals surface area (Å²) in [5, 5.41) is 8.94. The fraction of sp³-hybridized carbons (Fsp3) is 0.458. The van der Waals surface area contributed by atoms with Gasteiger partial charge in [0.15, 0.2) is 11.5 Å². The molecule has 7 nitrogen and oxygen atoms in total. The Morgan fingerprint density at radius 2 is 1.35 bits per heavy atom. The smallest absolute Gasteiger partial charge is 0.335 e. The Labute approximate surface area is 182 Å². The van der Waals surface area contributed by atoms with Crippen LogP contribution >= 0.6 is 0 Å². The Bertz CT molecular complexity index is 864. The number of carboxylic acids is 1. The van der Waals surface area contributed by atoms with Gasteiger partial charge in [-0.3, -0.25) is 0 Å². The number of carboxylic acid groups (broad SMARTS) is 1. The Kier molecular flexibility index (Phi) is 7.50. The molecule has 0 saturated carbocycles. The zero-order valence-corrected chi connectivity index (χ0v) is 18.5. The van der Waals surface area contributed by atoms with Gasteiger partial charge in [-0.25, -0.2) is 4.79 Å². The second kappa shape index (κ2) is 10.3. The predicted octanol–water partition coefficient (Wildman–Crippen LogP) is 4.38. The van der Waals surface area contributed by atoms with Crippen LogP contribution in [-0.4, -0.2) is 46.1 Å². The highest BCUT2D eigenvalue weighted by Crippen LogP contribution is 2.53. The van der Waals surface area contributed by atoms with Crippen molar-refractivity contribution in [3.8, 4) is 28.7 Å². The highest BCUT2D eigenvalue weighted by Gasteiger charge is 2.33. The standard InChI is InChI=1S/C24H30O7/c1-27-20-18-13-15(14-19(18)21(28-2)23(30-4)22(20)29-3)7-5-6-12-31-17-10-8-16(9-11-17)24(25)26/h8-11,15H,5-7,12-14H2,1-4H3,(H,25,26). The normalized spacial score (nSPS) is 12.9. The highest BCUT2D eigenvalue weighted by atomic mass is 16.5. The van der Waals surface area contributed by atoms with Crippen LogP contribution in [0.3, 0.4) is 0 Å². The van der Waals surface area contributed by atoms with Crippen molar-refractivity contribution in [2.45, 2.75) is 32.1 Å². The molecule has 0 atom stereocenters. The van der Waals surface area contributed by atoms with E-state index < -0.39 is 5.97 Å². The minimum atomic E-state index is -0.937. The van der Waals surface area contributed by atoms with Gasteiger partial charge in [0, 0.05) is 11.1 Å². The SMILES string of the molecule is COc1c2c(c(OC)c(OC)c1OC)CC(CCCCOc1ccc(C(=O)O)cc1)C2. The van der Waals surface area contributed by atoms with E-state index in [9.17, 15) is 4.79 Å². The van der Waals surface area contributed by atoms with Gasteiger partial charge in [0.05, 0.1) is 40.6 Å². The van der Waals surface area contributed by atoms with Crippen LogP contribution in [0, 0.1) is 5.92 Å². The number of carbonyl (C=O) groups is 1. The van der Waals surface area contributed by atoms with Crippen molar-refractivity contribution >= 4 is 5.97 Å². The molecule has 0 aliphatic heterocycles. The van der Waals surface area contributed by atoms with Crippen LogP contribution in [0.15, 0.2) is 24.3 Å². The molecule has 3 rings (SSSR count). The number of hydrogen-bond acceptors (Lipinski definition) is 6. The van der Waals surface area contributed by atoms with Crippen LogP contribution in [0.5, 0.6) is 28.7 Å². The first kappa shape index (κ1) is 22.6. The van der Waals surface area contributed by atoms with Crippen LogP contribution in [-0.2, 0) is 12.8 Å². The van der Waals surface area contributed by atoms with Gasteiger partial charge in [-0.1, -0.05) is 0 Å². The van der Waals surface area contributed by atoms with E-state index in [0.29, 0.717) is 29.8 Å². The van der Waals surface area contributed by atoms with Crippen LogP contribution in [0.1, 0.15) is 40.7 Å². The van der Waals surface area contributed by atoms with Crippen LogP contribution in [0.4, 0.5) is 0 Å². The van der Waals surface area contributed by atoms with E-state index in [4.69, 9.17) is 28.8 Å². The van der Waals surface area contributed by atoms with E-state index >= 15 is 0 Å². The molecule has 0 spiro atoms. The summed E-state index contributed by atoms with van der Waals surface area (Å²) < 4.78 is 28.2. The van der Waals surface area contributed by atoms with E-state index in [0.717, 1.165) is 54.7 Å². The lowest BCUT2D eigenvalue weighted by Crippen LogP contribution is -2.03. The molecule has 0 radical (unpaired) electrons. The lowest BCUT2D eigenvalue weighted by atomic mass is 9.99. The average molecular weight is 430 g/mol. The van der Waals surface area contributed by atoms with E-state index in [1.807, 2.05) is 0 Å². The van der Waals surface area contributed by atoms with Crippen molar-refractivity contribution < 1.29 is 33.6 Å². The summed E-state index contributed by atoms with van der Waals surface area (Å²) >= 11 is 0. The number of benzene rings is 2. The van der Waals surface area contributed by atoms with Gasteiger partial charge >= 0.3 is 5.97 Å². The largest absolute Gasteiger partial charge is 0.494 e. The average Bonchev–Trinajstić information content (AvgIpc) is 3.20. The summed E-state index contributed by atoms with van der Waals surface area (Å²) in [5.41, 5.74) is 2.53. The maximum atomic E-state index is 10.9. The molecule has 0 heterocycles. The molecule has 2 aromatic carbocycles. The van der Waals surface area contributed by atoms with Crippen molar-refractivity contribution in [1.82, 2.24) is 0 Å². The Morgan fingerprint density at radius 1 is 0.839 bits per heavy atom. The van der Waals surface area contributed by atoms with Crippen molar-refractivity contribution in [2.75, 3.05) is 35.0 Å². The third kappa shape index (κ3) is 4.81. The first-order valence-electron chi connectivity index (χ1n) is 10.4. The molecular weight excluding hydrogens is 400 g/mol. The quantitative estimate of drug-likeness (QED) is 0.530. The van der Waals surface area contributed by atoms with Gasteiger partial charge in [-0.05, 0) is 62.3 Å². The van der Waals surface area contributed by atoms with Crippen molar-refractivity contribution in [3.63, 3.8) is 0 Å². The molecule has 1 aliphatic carbocycles. The Hall–Kier alpha value is -3.09. The van der Waals surface area contributed by atoms with Crippen LogP contribution in [0.25, 0.3) is 0 Å². The monoisotopic (exact) mass is 430 g/mol. The fourth-order valence-electron chi connectivity index (χ4n) is 4.26. The topological polar surface area (TPSA) is 83.5 Å². The molecule has 1 N–H and O–H groups in total. The molecule has 0 aromatic heterocycles. The zero-order chi connectivity index (χ0) is 22.4. The van der Waals surface area contributed by atoms with Gasteiger partial charge in [0.25, 0.3) is 0 Å². The highest BCUT2D eigenvalue weighted by molar-refractivity contribution is 5.87. The third-order valence-electron chi connectivity index (χ3n) is 5.71. The van der Waals surface area contributed by atoms with E-state index in [1.54, 1.807) is 52.7 Å². The number of rotatable bonds is 11. The summed E-state index contributed by atoms with van der Waals surface area (Å²) in [6, 6.07) is 6.49. The van der Waals surface area contributed by atoms with Gasteiger partial charge in [-0.15, -0.1) is 0 Å². The minimum absolute atomic E-state index is 0.257. The minimum Gasteiger partial charge on any atom is -0.494 e. The Morgan fingerprint density at radius 3 is 1.81 bits per heavy atom. The molecule has 0 unspecified atom stereocenters. The van der Waals surface area contributed by atoms with Gasteiger partial charge in [0.1, 0.15) is 5.75 Å². The second-order valence-corrected chi connectivity index (χ2v) is 7.54. The summed E-state index contributed by atoms with van der Waals surface area (Å²) in [5.74, 6) is 2.84. The van der Waals surface area contributed by atoms with Crippen LogP contribution in [0.2, 0.25) is 0 Å². The number of aromatic carboxylic acids is 1. The molecule has 0 saturated heterocycles. The first-order valence-corrected chi connectivity index (χ1v) is 10.4. The van der Waals surface area contributed by atoms with Crippen molar-refractivity contribution in [2.24, 2.45) is 5.92 Å². The lowest BCUT2D eigenvalue weighted by Gasteiger charge is -2.19. The number of fused-ring (bicyclic) bond motifs is 1. The summed E-state index contributed by atoms with van der Waals surface area (Å²) in [7, 11) is 6.51. The molecule has 1 aliphatic rings. The number of unbranched alkanes of at least 4 members (excludes halogenated alkanes) is 1. The maximum Gasteiger partial charge on any atom is 0.335 e. The molecule has 0 amide bonds. The number of hydrogen-bond donors (Lipinski definition) is 1. The second-order valence-electron chi connectivity index (χ2n) is 7.54. The van der Waals surface area contributed by atoms with Crippen molar-refractivity contribution in [3.05, 3.63) is 41.0 Å². The predicted molar refractivity (Wildman–Crippen MR) is 116 cm³/mol. The van der Waals surface area contributed by atoms with Crippen molar-refractivity contribution in [1.29, 1.82) is 0 Å². The molecule has 2 aromatic rings. The maximum absolute atomic E-state index is 10.9. The first-order chi connectivity index (χ1) is 15.0. The van der Waals surface area contributed by atoms with Gasteiger partial charge < -0.3 is 28.8 Å². The third-order valence-corrected chi connectivity index (χ3v) is 5.71. The summed E-state index contributed by atoms with van der Waals surface area (Å²) in [6.45, 7) is 0.598. The number of methoxy groups -OCH3 is 4. The molecule has 0 fully saturated rings.